The van der Waals surface area contributed by atoms with Crippen LogP contribution in [-0.2, 0) is 14.6 Å². The highest BCUT2D eigenvalue weighted by atomic mass is 17.2. The second-order valence-electron chi connectivity index (χ2n) is 4.25. The number of hydrogen-bond donors (Lipinski definition) is 0. The molecule has 0 saturated carbocycles. The molecule has 0 aliphatic heterocycles. The highest BCUT2D eigenvalue weighted by Gasteiger charge is 2.33. The first kappa shape index (κ1) is 14.4. The fraction of sp³-hybridized carbons (Fsp3) is 0.583. The van der Waals surface area contributed by atoms with Gasteiger partial charge in [0.25, 0.3) is 5.70 Å². The average molecular weight is 255 g/mol. The Morgan fingerprint density at radius 1 is 1.61 bits per heavy atom. The van der Waals surface area contributed by atoms with E-state index in [9.17, 15) is 14.9 Å². The molecule has 1 unspecified atom stereocenters. The van der Waals surface area contributed by atoms with Crippen molar-refractivity contribution < 1.29 is 19.5 Å². The molecule has 1 atom stereocenters. The van der Waals surface area contributed by atoms with Gasteiger partial charge in [0.05, 0.1) is 4.92 Å². The normalized spacial score (nSPS) is 22.4. The summed E-state index contributed by atoms with van der Waals surface area (Å²) < 4.78 is 0. The second-order valence-corrected chi connectivity index (χ2v) is 4.25. The Morgan fingerprint density at radius 3 is 2.78 bits per heavy atom. The molecule has 0 saturated heterocycles. The molecule has 0 bridgehead atoms. The van der Waals surface area contributed by atoms with Crippen LogP contribution in [0.2, 0.25) is 0 Å². The third-order valence-electron chi connectivity index (χ3n) is 2.70. The lowest BCUT2D eigenvalue weighted by atomic mass is 9.89. The van der Waals surface area contributed by atoms with Gasteiger partial charge in [0, 0.05) is 19.4 Å². The molecule has 1 aliphatic carbocycles. The molecule has 0 aromatic heterocycles. The minimum Gasteiger partial charge on any atom is -0.298 e. The van der Waals surface area contributed by atoms with E-state index in [0.717, 1.165) is 12.8 Å². The molecule has 6 nitrogen and oxygen atoms in total. The fourth-order valence-corrected chi connectivity index (χ4v) is 1.69. The molecule has 0 radical (unpaired) electrons. The molecule has 6 heteroatoms. The van der Waals surface area contributed by atoms with Crippen molar-refractivity contribution >= 4 is 5.97 Å². The molecular formula is C12H17NO5. The van der Waals surface area contributed by atoms with E-state index in [2.05, 4.69) is 4.89 Å². The van der Waals surface area contributed by atoms with Gasteiger partial charge in [0.15, 0.2) is 0 Å². The lowest BCUT2D eigenvalue weighted by Crippen LogP contribution is -2.32. The van der Waals surface area contributed by atoms with Gasteiger partial charge in [-0.3, -0.25) is 15.0 Å². The van der Waals surface area contributed by atoms with E-state index in [0.29, 0.717) is 12.8 Å². The van der Waals surface area contributed by atoms with E-state index in [1.54, 1.807) is 6.08 Å². The van der Waals surface area contributed by atoms with Crippen molar-refractivity contribution in [1.82, 2.24) is 0 Å². The van der Waals surface area contributed by atoms with Crippen LogP contribution in [-0.4, -0.2) is 16.5 Å². The molecular weight excluding hydrogens is 238 g/mol. The lowest BCUT2D eigenvalue weighted by molar-refractivity contribution is -0.420. The molecule has 0 aromatic carbocycles. The van der Waals surface area contributed by atoms with Crippen LogP contribution in [0, 0.1) is 10.1 Å². The Hall–Kier alpha value is -1.69. The third-order valence-corrected chi connectivity index (χ3v) is 2.70. The zero-order valence-electron chi connectivity index (χ0n) is 10.5. The molecule has 0 amide bonds. The average Bonchev–Trinajstić information content (AvgIpc) is 2.35. The van der Waals surface area contributed by atoms with Gasteiger partial charge >= 0.3 is 5.97 Å². The van der Waals surface area contributed by atoms with E-state index in [1.165, 1.54) is 19.1 Å². The highest BCUT2D eigenvalue weighted by molar-refractivity contribution is 5.65. The van der Waals surface area contributed by atoms with Gasteiger partial charge in [0.2, 0.25) is 0 Å². The smallest absolute Gasteiger partial charge is 0.298 e. The molecule has 0 spiro atoms. The Labute approximate surface area is 105 Å². The van der Waals surface area contributed by atoms with Crippen LogP contribution in [0.25, 0.3) is 0 Å². The minimum absolute atomic E-state index is 0.0357. The van der Waals surface area contributed by atoms with E-state index in [-0.39, 0.29) is 5.70 Å². The summed E-state index contributed by atoms with van der Waals surface area (Å²) in [6, 6.07) is 0. The van der Waals surface area contributed by atoms with Crippen LogP contribution in [0.5, 0.6) is 0 Å². The molecule has 100 valence electrons. The van der Waals surface area contributed by atoms with Gasteiger partial charge in [-0.25, -0.2) is 4.79 Å². The van der Waals surface area contributed by atoms with Crippen molar-refractivity contribution in [3.63, 3.8) is 0 Å². The van der Waals surface area contributed by atoms with Crippen LogP contribution in [0.1, 0.15) is 39.5 Å². The second kappa shape index (κ2) is 6.30. The minimum atomic E-state index is -0.777. The van der Waals surface area contributed by atoms with Crippen LogP contribution in [0.4, 0.5) is 0 Å². The maximum atomic E-state index is 10.8. The van der Waals surface area contributed by atoms with E-state index in [1.807, 2.05) is 6.92 Å². The number of allylic oxidation sites excluding steroid dienone is 1. The summed E-state index contributed by atoms with van der Waals surface area (Å²) in [5, 5.41) is 10.6. The molecule has 18 heavy (non-hydrogen) atoms. The zero-order chi connectivity index (χ0) is 13.6. The topological polar surface area (TPSA) is 78.7 Å². The number of nitrogens with zero attached hydrogens (tertiary/aromatic N) is 1. The van der Waals surface area contributed by atoms with Crippen molar-refractivity contribution in [2.75, 3.05) is 0 Å². The fourth-order valence-electron chi connectivity index (χ4n) is 1.69. The molecule has 0 fully saturated rings. The van der Waals surface area contributed by atoms with Gasteiger partial charge in [0.1, 0.15) is 5.60 Å². The monoisotopic (exact) mass is 255 g/mol. The Bertz CT molecular complexity index is 388. The van der Waals surface area contributed by atoms with Crippen LogP contribution >= 0.6 is 0 Å². The van der Waals surface area contributed by atoms with Crippen LogP contribution in [0.15, 0.2) is 23.9 Å². The predicted octanol–water partition coefficient (Wildman–Crippen LogP) is 2.53. The van der Waals surface area contributed by atoms with Gasteiger partial charge in [-0.05, 0) is 18.6 Å². The van der Waals surface area contributed by atoms with Crippen LogP contribution < -0.4 is 0 Å². The van der Waals surface area contributed by atoms with E-state index < -0.39 is 16.5 Å². The van der Waals surface area contributed by atoms with E-state index >= 15 is 0 Å². The van der Waals surface area contributed by atoms with Crippen molar-refractivity contribution in [3.8, 4) is 0 Å². The summed E-state index contributed by atoms with van der Waals surface area (Å²) in [6.45, 7) is 3.28. The summed E-state index contributed by atoms with van der Waals surface area (Å²) in [5.74, 6) is -0.539. The number of hydrogen-bond acceptors (Lipinski definition) is 5. The predicted molar refractivity (Wildman–Crippen MR) is 63.9 cm³/mol. The first-order valence-corrected chi connectivity index (χ1v) is 5.89. The van der Waals surface area contributed by atoms with E-state index in [4.69, 9.17) is 4.89 Å². The van der Waals surface area contributed by atoms with Gasteiger partial charge < -0.3 is 0 Å². The number of carbonyl (C=O) groups is 1. The summed E-state index contributed by atoms with van der Waals surface area (Å²) in [4.78, 5) is 30.7. The molecule has 0 N–H and O–H groups in total. The van der Waals surface area contributed by atoms with Crippen LogP contribution in [0.3, 0.4) is 0 Å². The van der Waals surface area contributed by atoms with Crippen molar-refractivity contribution in [2.24, 2.45) is 0 Å². The standard InChI is InChI=1S/C12H17NO5/c1-3-4-7-12(18-17-10(2)14)8-5-11(6-9-12)13(15)16/h5-6,8H,3-4,7,9H2,1-2H3. The number of carbonyl (C=O) groups excluding carboxylic acids is 1. The molecule has 1 rings (SSSR count). The first-order chi connectivity index (χ1) is 8.49. The molecule has 0 aromatic rings. The van der Waals surface area contributed by atoms with Gasteiger partial charge in [-0.2, -0.15) is 4.89 Å². The largest absolute Gasteiger partial charge is 0.339 e. The van der Waals surface area contributed by atoms with Gasteiger partial charge in [-0.15, -0.1) is 0 Å². The Balaban J connectivity index is 2.73. The Kier molecular flexibility index (Phi) is 5.03. The number of rotatable bonds is 6. The summed E-state index contributed by atoms with van der Waals surface area (Å²) in [7, 11) is 0. The molecule has 1 aliphatic rings. The van der Waals surface area contributed by atoms with Crippen molar-refractivity contribution in [1.29, 1.82) is 0 Å². The molecule has 0 heterocycles. The summed E-state index contributed by atoms with van der Waals surface area (Å²) >= 11 is 0. The third kappa shape index (κ3) is 3.96. The van der Waals surface area contributed by atoms with Gasteiger partial charge in [-0.1, -0.05) is 19.8 Å². The Morgan fingerprint density at radius 2 is 2.33 bits per heavy atom. The lowest BCUT2D eigenvalue weighted by Gasteiger charge is -2.28. The summed E-state index contributed by atoms with van der Waals surface area (Å²) in [6.07, 6.45) is 7.30. The van der Waals surface area contributed by atoms with Crippen molar-refractivity contribution in [2.45, 2.75) is 45.1 Å². The first-order valence-electron chi connectivity index (χ1n) is 5.89. The number of nitro groups is 1. The summed E-state index contributed by atoms with van der Waals surface area (Å²) in [5.41, 5.74) is -0.741. The zero-order valence-corrected chi connectivity index (χ0v) is 10.5. The van der Waals surface area contributed by atoms with Crippen molar-refractivity contribution in [3.05, 3.63) is 34.0 Å². The SMILES string of the molecule is CCCCC1(OOC(C)=O)C=CC([N+](=O)[O-])=CC1. The maximum absolute atomic E-state index is 10.8. The highest BCUT2D eigenvalue weighted by Crippen LogP contribution is 2.30. The maximum Gasteiger partial charge on any atom is 0.339 e. The quantitative estimate of drug-likeness (QED) is 0.414. The number of unbranched alkanes of at least 4 members (excludes halogenated alkanes) is 1.